The molecule has 3 heterocycles. The molecule has 0 atom stereocenters. The van der Waals surface area contributed by atoms with Crippen molar-refractivity contribution in [2.24, 2.45) is 0 Å². The van der Waals surface area contributed by atoms with Crippen molar-refractivity contribution >= 4 is 0 Å². The number of unbranched alkanes of at least 4 members (excludes halogenated alkanes) is 15. The molecule has 4 nitrogen and oxygen atoms in total. The molecule has 0 bridgehead atoms. The highest BCUT2D eigenvalue weighted by atomic mass is 15.1. The quantitative estimate of drug-likeness (QED) is 0.0605. The number of aryl methyl sites for hydroxylation is 3. The third-order valence-electron chi connectivity index (χ3n) is 9.29. The topological polar surface area (TPSA) is 14.9 Å². The second-order valence-electron chi connectivity index (χ2n) is 13.8. The minimum Gasteiger partial charge on any atom is -0.290 e. The monoisotopic (exact) mass is 630 g/mol. The molecular formula is C42H69N4+3. The van der Waals surface area contributed by atoms with Gasteiger partial charge >= 0.3 is 0 Å². The van der Waals surface area contributed by atoms with Crippen LogP contribution in [0.25, 0.3) is 0 Å². The SMILES string of the molecule is CCCCCCCC[n+]1cccc(CN(Cc2ccc[n+](CCCCCCCC)c2)Cc2ccc[n+](CCCCCCCC)c2)c1. The first kappa shape index (κ1) is 37.9. The van der Waals surface area contributed by atoms with Gasteiger partial charge in [-0.15, -0.1) is 0 Å². The summed E-state index contributed by atoms with van der Waals surface area (Å²) in [6.07, 6.45) is 38.1. The average Bonchev–Trinajstić information content (AvgIpc) is 3.06. The van der Waals surface area contributed by atoms with E-state index in [9.17, 15) is 0 Å². The molecular weight excluding hydrogens is 560 g/mol. The van der Waals surface area contributed by atoms with Crippen molar-refractivity contribution in [1.29, 1.82) is 0 Å². The number of pyridine rings is 3. The van der Waals surface area contributed by atoms with E-state index in [-0.39, 0.29) is 0 Å². The lowest BCUT2D eigenvalue weighted by Crippen LogP contribution is -2.36. The Kier molecular flexibility index (Phi) is 20.2. The fraction of sp³-hybridized carbons (Fsp3) is 0.643. The lowest BCUT2D eigenvalue weighted by molar-refractivity contribution is -0.697. The van der Waals surface area contributed by atoms with Gasteiger partial charge in [0.05, 0.1) is 0 Å². The van der Waals surface area contributed by atoms with Crippen LogP contribution >= 0.6 is 0 Å². The summed E-state index contributed by atoms with van der Waals surface area (Å²) in [5, 5.41) is 0. The van der Waals surface area contributed by atoms with Gasteiger partial charge in [-0.3, -0.25) is 4.90 Å². The summed E-state index contributed by atoms with van der Waals surface area (Å²) in [5.74, 6) is 0. The summed E-state index contributed by atoms with van der Waals surface area (Å²) in [6, 6.07) is 13.7. The van der Waals surface area contributed by atoms with Crippen LogP contribution in [0, 0.1) is 0 Å². The number of hydrogen-bond acceptors (Lipinski definition) is 1. The van der Waals surface area contributed by atoms with Gasteiger partial charge < -0.3 is 0 Å². The smallest absolute Gasteiger partial charge is 0.173 e. The zero-order chi connectivity index (χ0) is 32.5. The van der Waals surface area contributed by atoms with Crippen molar-refractivity contribution in [3.8, 4) is 0 Å². The Morgan fingerprint density at radius 2 is 0.674 bits per heavy atom. The van der Waals surface area contributed by atoms with Crippen molar-refractivity contribution in [2.75, 3.05) is 0 Å². The Morgan fingerprint density at radius 3 is 0.978 bits per heavy atom. The maximum atomic E-state index is 2.64. The van der Waals surface area contributed by atoms with Crippen molar-refractivity contribution in [3.05, 3.63) is 90.3 Å². The molecule has 0 radical (unpaired) electrons. The molecule has 254 valence electrons. The van der Waals surface area contributed by atoms with Crippen LogP contribution < -0.4 is 13.7 Å². The summed E-state index contributed by atoms with van der Waals surface area (Å²) < 4.78 is 7.25. The lowest BCUT2D eigenvalue weighted by Gasteiger charge is -2.21. The second kappa shape index (κ2) is 24.6. The Balaban J connectivity index is 1.65. The van der Waals surface area contributed by atoms with E-state index < -0.39 is 0 Å². The van der Waals surface area contributed by atoms with Crippen molar-refractivity contribution < 1.29 is 13.7 Å². The molecule has 3 aromatic heterocycles. The Labute approximate surface area is 283 Å². The molecule has 0 amide bonds. The molecule has 0 aliphatic rings. The van der Waals surface area contributed by atoms with Gasteiger partial charge in [0, 0.05) is 73.8 Å². The van der Waals surface area contributed by atoms with Gasteiger partial charge in [0.15, 0.2) is 37.2 Å². The summed E-state index contributed by atoms with van der Waals surface area (Å²) >= 11 is 0. The molecule has 0 aromatic carbocycles. The van der Waals surface area contributed by atoms with Gasteiger partial charge in [0.2, 0.25) is 0 Å². The summed E-state index contributed by atoms with van der Waals surface area (Å²) in [4.78, 5) is 2.64. The molecule has 46 heavy (non-hydrogen) atoms. The van der Waals surface area contributed by atoms with Crippen LogP contribution in [0.4, 0.5) is 0 Å². The highest BCUT2D eigenvalue weighted by molar-refractivity contribution is 5.11. The van der Waals surface area contributed by atoms with E-state index in [1.807, 2.05) is 0 Å². The first-order valence-corrected chi connectivity index (χ1v) is 19.4. The zero-order valence-electron chi connectivity index (χ0n) is 30.2. The van der Waals surface area contributed by atoms with Gasteiger partial charge in [0.25, 0.3) is 0 Å². The fourth-order valence-corrected chi connectivity index (χ4v) is 6.59. The van der Waals surface area contributed by atoms with Gasteiger partial charge in [-0.05, 0) is 37.5 Å². The second-order valence-corrected chi connectivity index (χ2v) is 13.8. The summed E-state index contributed by atoms with van der Waals surface area (Å²) in [6.45, 7) is 13.1. The third-order valence-corrected chi connectivity index (χ3v) is 9.29. The Hall–Kier alpha value is -2.59. The van der Waals surface area contributed by atoms with Gasteiger partial charge in [0.1, 0.15) is 19.6 Å². The minimum absolute atomic E-state index is 0.954. The normalized spacial score (nSPS) is 11.5. The summed E-state index contributed by atoms with van der Waals surface area (Å²) in [7, 11) is 0. The van der Waals surface area contributed by atoms with Crippen LogP contribution in [0.15, 0.2) is 73.6 Å². The van der Waals surface area contributed by atoms with Crippen molar-refractivity contribution in [1.82, 2.24) is 4.90 Å². The largest absolute Gasteiger partial charge is 0.290 e. The van der Waals surface area contributed by atoms with E-state index in [0.29, 0.717) is 0 Å². The molecule has 0 spiro atoms. The van der Waals surface area contributed by atoms with E-state index in [1.54, 1.807) is 0 Å². The molecule has 4 heteroatoms. The van der Waals surface area contributed by atoms with E-state index >= 15 is 0 Å². The highest BCUT2D eigenvalue weighted by Crippen LogP contribution is 2.14. The predicted molar refractivity (Wildman–Crippen MR) is 193 cm³/mol. The number of nitrogens with zero attached hydrogens (tertiary/aromatic N) is 4. The summed E-state index contributed by atoms with van der Waals surface area (Å²) in [5.41, 5.74) is 4.21. The molecule has 0 unspecified atom stereocenters. The Bertz CT molecular complexity index is 1030. The molecule has 0 saturated carbocycles. The van der Waals surface area contributed by atoms with Crippen LogP contribution in [-0.2, 0) is 39.3 Å². The van der Waals surface area contributed by atoms with Crippen molar-refractivity contribution in [3.63, 3.8) is 0 Å². The van der Waals surface area contributed by atoms with Crippen LogP contribution in [-0.4, -0.2) is 4.90 Å². The molecule has 0 N–H and O–H groups in total. The van der Waals surface area contributed by atoms with E-state index in [0.717, 1.165) is 39.3 Å². The standard InChI is InChI=1S/C42H69N4/c1-4-7-10-13-16-19-28-43-31-22-25-40(34-43)37-46(38-41-26-23-32-44(35-41)29-20-17-14-11-8-5-2)39-42-27-24-33-45(36-42)30-21-18-15-12-9-6-3/h22-27,31-36H,4-21,28-30,37-39H2,1-3H3/q+3. The zero-order valence-corrected chi connectivity index (χ0v) is 30.2. The number of aromatic nitrogens is 3. The maximum absolute atomic E-state index is 2.64. The molecule has 0 aliphatic heterocycles. The van der Waals surface area contributed by atoms with E-state index in [2.05, 4.69) is 113 Å². The van der Waals surface area contributed by atoms with Crippen LogP contribution in [0.1, 0.15) is 153 Å². The molecule has 0 fully saturated rings. The molecule has 3 rings (SSSR count). The maximum Gasteiger partial charge on any atom is 0.173 e. The van der Waals surface area contributed by atoms with Crippen LogP contribution in [0.5, 0.6) is 0 Å². The van der Waals surface area contributed by atoms with Crippen LogP contribution in [0.2, 0.25) is 0 Å². The third kappa shape index (κ3) is 16.8. The number of rotatable bonds is 27. The first-order valence-electron chi connectivity index (χ1n) is 19.4. The molecule has 0 aliphatic carbocycles. The van der Waals surface area contributed by atoms with E-state index in [1.165, 1.54) is 132 Å². The molecule has 3 aromatic rings. The highest BCUT2D eigenvalue weighted by Gasteiger charge is 2.15. The first-order chi connectivity index (χ1) is 22.7. The van der Waals surface area contributed by atoms with Gasteiger partial charge in [-0.1, -0.05) is 97.8 Å². The lowest BCUT2D eigenvalue weighted by atomic mass is 10.1. The van der Waals surface area contributed by atoms with Crippen LogP contribution in [0.3, 0.4) is 0 Å². The minimum atomic E-state index is 0.954. The Morgan fingerprint density at radius 1 is 0.391 bits per heavy atom. The predicted octanol–water partition coefficient (Wildman–Crippen LogP) is 9.83. The van der Waals surface area contributed by atoms with Crippen molar-refractivity contribution in [2.45, 2.75) is 176 Å². The van der Waals surface area contributed by atoms with E-state index in [4.69, 9.17) is 0 Å². The van der Waals surface area contributed by atoms with Gasteiger partial charge in [-0.25, -0.2) is 13.7 Å². The fourth-order valence-electron chi connectivity index (χ4n) is 6.59. The average molecular weight is 630 g/mol. The van der Waals surface area contributed by atoms with Gasteiger partial charge in [-0.2, -0.15) is 0 Å². The molecule has 0 saturated heterocycles. The number of hydrogen-bond donors (Lipinski definition) is 0.